The van der Waals surface area contributed by atoms with Crippen LogP contribution in [0.4, 0.5) is 8.78 Å². The van der Waals surface area contributed by atoms with Crippen molar-refractivity contribution in [1.82, 2.24) is 10.2 Å². The molecule has 0 bridgehead atoms. The summed E-state index contributed by atoms with van der Waals surface area (Å²) in [5, 5.41) is 3.22. The topological polar surface area (TPSA) is 40.0 Å². The molecule has 6 heteroatoms. The first-order valence-corrected chi connectivity index (χ1v) is 8.17. The monoisotopic (exact) mass is 348 g/mol. The van der Waals surface area contributed by atoms with E-state index in [9.17, 15) is 8.78 Å². The summed E-state index contributed by atoms with van der Waals surface area (Å²) in [5.74, 6) is -1.02. The van der Waals surface area contributed by atoms with E-state index in [1.165, 1.54) is 12.1 Å². The molecule has 0 heterocycles. The molecule has 0 saturated heterocycles. The molecule has 1 N–H and O–H groups in total. The quantitative estimate of drug-likeness (QED) is 0.544. The van der Waals surface area contributed by atoms with Crippen LogP contribution < -0.4 is 5.32 Å². The predicted octanol–water partition coefficient (Wildman–Crippen LogP) is 3.87. The van der Waals surface area contributed by atoms with Gasteiger partial charge in [-0.05, 0) is 38.3 Å². The molecule has 1 aromatic rings. The van der Waals surface area contributed by atoms with Gasteiger partial charge in [-0.3, -0.25) is 9.98 Å². The van der Waals surface area contributed by atoms with Gasteiger partial charge in [-0.25, -0.2) is 8.78 Å². The maximum absolute atomic E-state index is 13.5. The number of nitrogens with one attached hydrogen (secondary N) is 1. The number of rotatable bonds is 9. The van der Waals surface area contributed by atoms with E-state index in [1.807, 2.05) is 11.8 Å². The first kappa shape index (κ1) is 20.5. The number of aliphatic imine (C=N–C) groups is 2. The van der Waals surface area contributed by atoms with Gasteiger partial charge in [-0.1, -0.05) is 13.5 Å². The summed E-state index contributed by atoms with van der Waals surface area (Å²) in [6.45, 7) is 13.4. The lowest BCUT2D eigenvalue weighted by Crippen LogP contribution is -2.34. The summed E-state index contributed by atoms with van der Waals surface area (Å²) in [4.78, 5) is 10.0. The summed E-state index contributed by atoms with van der Waals surface area (Å²) in [6.07, 6.45) is 2.72. The Morgan fingerprint density at radius 2 is 2.00 bits per heavy atom. The van der Waals surface area contributed by atoms with Gasteiger partial charge in [0.25, 0.3) is 0 Å². The highest BCUT2D eigenvalue weighted by molar-refractivity contribution is 5.93. The largest absolute Gasteiger partial charge is 0.370 e. The first-order valence-electron chi connectivity index (χ1n) is 8.17. The third-order valence-electron chi connectivity index (χ3n) is 3.65. The summed E-state index contributed by atoms with van der Waals surface area (Å²) < 4.78 is 26.6. The van der Waals surface area contributed by atoms with Gasteiger partial charge in [0.15, 0.2) is 11.6 Å². The van der Waals surface area contributed by atoms with E-state index in [4.69, 9.17) is 0 Å². The number of nitrogens with zero attached hydrogens (tertiary/aromatic N) is 3. The smallest absolute Gasteiger partial charge is 0.159 e. The normalized spacial score (nSPS) is 12.0. The Kier molecular flexibility index (Phi) is 8.53. The van der Waals surface area contributed by atoms with Gasteiger partial charge in [0.2, 0.25) is 0 Å². The molecule has 136 valence electrons. The number of hydrogen-bond donors (Lipinski definition) is 1. The molecule has 0 aromatic heterocycles. The van der Waals surface area contributed by atoms with Crippen LogP contribution in [-0.4, -0.2) is 44.1 Å². The molecule has 0 amide bonds. The second-order valence-corrected chi connectivity index (χ2v) is 5.54. The van der Waals surface area contributed by atoms with Crippen LogP contribution in [0.3, 0.4) is 0 Å². The zero-order valence-corrected chi connectivity index (χ0v) is 15.1. The Balaban J connectivity index is 2.75. The lowest BCUT2D eigenvalue weighted by Gasteiger charge is -2.27. The number of amidine groups is 1. The van der Waals surface area contributed by atoms with Crippen molar-refractivity contribution in [3.8, 4) is 0 Å². The zero-order valence-electron chi connectivity index (χ0n) is 15.1. The molecule has 25 heavy (non-hydrogen) atoms. The minimum atomic E-state index is -0.869. The molecule has 1 rings (SSSR count). The van der Waals surface area contributed by atoms with Gasteiger partial charge in [-0.2, -0.15) is 0 Å². The highest BCUT2D eigenvalue weighted by Crippen LogP contribution is 2.19. The molecule has 0 radical (unpaired) electrons. The van der Waals surface area contributed by atoms with E-state index in [0.717, 1.165) is 24.7 Å². The van der Waals surface area contributed by atoms with Gasteiger partial charge >= 0.3 is 0 Å². The molecule has 0 fully saturated rings. The van der Waals surface area contributed by atoms with Gasteiger partial charge < -0.3 is 10.2 Å². The molecule has 1 aromatic carbocycles. The molecule has 0 saturated carbocycles. The second-order valence-electron chi connectivity index (χ2n) is 5.54. The van der Waals surface area contributed by atoms with Crippen molar-refractivity contribution in [2.75, 3.05) is 26.7 Å². The molecule has 0 aliphatic heterocycles. The maximum atomic E-state index is 13.5. The van der Waals surface area contributed by atoms with Crippen LogP contribution in [0.15, 0.2) is 46.5 Å². The lowest BCUT2D eigenvalue weighted by molar-refractivity contribution is 0.400. The zero-order chi connectivity index (χ0) is 18.8. The van der Waals surface area contributed by atoms with Crippen LogP contribution in [0.1, 0.15) is 25.8 Å². The summed E-state index contributed by atoms with van der Waals surface area (Å²) >= 11 is 0. The minimum absolute atomic E-state index is 0.573. The molecule has 4 nitrogen and oxygen atoms in total. The average molecular weight is 348 g/mol. The van der Waals surface area contributed by atoms with Crippen LogP contribution >= 0.6 is 0 Å². The van der Waals surface area contributed by atoms with Gasteiger partial charge in [0.1, 0.15) is 5.84 Å². The fourth-order valence-corrected chi connectivity index (χ4v) is 2.27. The second kappa shape index (κ2) is 10.4. The number of hydrogen-bond acceptors (Lipinski definition) is 3. The first-order chi connectivity index (χ1) is 11.9. The van der Waals surface area contributed by atoms with Crippen LogP contribution in [0.2, 0.25) is 0 Å². The standard InChI is InChI=1S/C19H26F2N4/c1-6-10-25(11-9-24-19(23-5)12-14(2)22-4)15(3)16-7-8-17(20)18(21)13-16/h7-8,12-13H,3-4,6,9-11H2,1-2,5H3,(H,23,24)/b14-12-. The Bertz CT molecular complexity index is 665. The molecule has 0 atom stereocenters. The van der Waals surface area contributed by atoms with Crippen LogP contribution in [0, 0.1) is 11.6 Å². The SMILES string of the molecule is C=N/C(C)=C\C(=NC)NCCN(CCC)C(=C)c1ccc(F)c(F)c1. The molecular weight excluding hydrogens is 322 g/mol. The third kappa shape index (κ3) is 6.49. The molecular formula is C19H26F2N4. The van der Waals surface area contributed by atoms with E-state index in [1.54, 1.807) is 13.1 Å². The number of allylic oxidation sites excluding steroid dienone is 1. The Morgan fingerprint density at radius 1 is 1.28 bits per heavy atom. The summed E-state index contributed by atoms with van der Waals surface area (Å²) in [7, 11) is 1.69. The highest BCUT2D eigenvalue weighted by Gasteiger charge is 2.11. The third-order valence-corrected chi connectivity index (χ3v) is 3.65. The summed E-state index contributed by atoms with van der Waals surface area (Å²) in [6, 6.07) is 3.84. The number of benzene rings is 1. The maximum Gasteiger partial charge on any atom is 0.159 e. The lowest BCUT2D eigenvalue weighted by atomic mass is 10.1. The van der Waals surface area contributed by atoms with Crippen molar-refractivity contribution in [3.05, 3.63) is 53.7 Å². The van der Waals surface area contributed by atoms with Crippen molar-refractivity contribution in [3.63, 3.8) is 0 Å². The van der Waals surface area contributed by atoms with E-state index < -0.39 is 11.6 Å². The van der Waals surface area contributed by atoms with Crippen molar-refractivity contribution in [1.29, 1.82) is 0 Å². The Morgan fingerprint density at radius 3 is 2.56 bits per heavy atom. The van der Waals surface area contributed by atoms with Crippen LogP contribution in [0.5, 0.6) is 0 Å². The van der Waals surface area contributed by atoms with Crippen molar-refractivity contribution in [2.45, 2.75) is 20.3 Å². The van der Waals surface area contributed by atoms with Crippen molar-refractivity contribution >= 4 is 18.3 Å². The highest BCUT2D eigenvalue weighted by atomic mass is 19.2. The van der Waals surface area contributed by atoms with E-state index in [-0.39, 0.29) is 0 Å². The molecule has 0 spiro atoms. The average Bonchev–Trinajstić information content (AvgIpc) is 2.61. The van der Waals surface area contributed by atoms with Crippen LogP contribution in [0.25, 0.3) is 5.70 Å². The van der Waals surface area contributed by atoms with Crippen LogP contribution in [-0.2, 0) is 0 Å². The van der Waals surface area contributed by atoms with E-state index in [2.05, 4.69) is 35.5 Å². The number of halogens is 2. The summed E-state index contributed by atoms with van der Waals surface area (Å²) in [5.41, 5.74) is 2.00. The van der Waals surface area contributed by atoms with E-state index >= 15 is 0 Å². The molecule has 0 unspecified atom stereocenters. The molecule has 0 aliphatic carbocycles. The van der Waals surface area contributed by atoms with Gasteiger partial charge in [0, 0.05) is 49.7 Å². The van der Waals surface area contributed by atoms with Gasteiger partial charge in [-0.15, -0.1) is 0 Å². The molecule has 0 aliphatic rings. The fourth-order valence-electron chi connectivity index (χ4n) is 2.27. The Hall–Kier alpha value is -2.50. The van der Waals surface area contributed by atoms with E-state index in [0.29, 0.717) is 30.2 Å². The minimum Gasteiger partial charge on any atom is -0.370 e. The fraction of sp³-hybridized carbons (Fsp3) is 0.368. The van der Waals surface area contributed by atoms with Gasteiger partial charge in [0.05, 0.1) is 0 Å². The Labute approximate surface area is 148 Å². The van der Waals surface area contributed by atoms with Crippen molar-refractivity contribution in [2.24, 2.45) is 9.98 Å². The van der Waals surface area contributed by atoms with Crippen molar-refractivity contribution < 1.29 is 8.78 Å². The predicted molar refractivity (Wildman–Crippen MR) is 102 cm³/mol.